The zero-order chi connectivity index (χ0) is 24.0. The average Bonchev–Trinajstić information content (AvgIpc) is 2.73. The van der Waals surface area contributed by atoms with Gasteiger partial charge in [-0.05, 0) is 38.3 Å². The van der Waals surface area contributed by atoms with Gasteiger partial charge >= 0.3 is 0 Å². The van der Waals surface area contributed by atoms with E-state index in [1.165, 1.54) is 18.1 Å². The molecule has 3 atom stereocenters. The first-order valence-electron chi connectivity index (χ1n) is 11.3. The van der Waals surface area contributed by atoms with Gasteiger partial charge in [0, 0.05) is 19.0 Å². The Labute approximate surface area is 186 Å². The number of amides is 2. The van der Waals surface area contributed by atoms with Crippen LogP contribution in [0.2, 0.25) is 0 Å². The molecule has 2 aliphatic rings. The SMILES string of the molecule is CC.CC(O)CC(=O)NC(CCN)C(=O)C(C)C.NC(=O)C1CNCC2=C1CCC=C2. The summed E-state index contributed by atoms with van der Waals surface area (Å²) in [5, 5.41) is 14.9. The molecule has 1 aliphatic heterocycles. The Morgan fingerprint density at radius 3 is 2.42 bits per heavy atom. The van der Waals surface area contributed by atoms with E-state index in [9.17, 15) is 14.4 Å². The Morgan fingerprint density at radius 1 is 1.26 bits per heavy atom. The van der Waals surface area contributed by atoms with E-state index in [4.69, 9.17) is 16.6 Å². The van der Waals surface area contributed by atoms with Gasteiger partial charge in [0.1, 0.15) is 0 Å². The molecule has 0 aromatic carbocycles. The number of hydrogen-bond donors (Lipinski definition) is 5. The highest BCUT2D eigenvalue weighted by Crippen LogP contribution is 2.27. The van der Waals surface area contributed by atoms with Crippen LogP contribution in [0, 0.1) is 11.8 Å². The molecule has 1 heterocycles. The van der Waals surface area contributed by atoms with Gasteiger partial charge in [0.2, 0.25) is 11.8 Å². The molecule has 0 spiro atoms. The van der Waals surface area contributed by atoms with Crippen LogP contribution >= 0.6 is 0 Å². The van der Waals surface area contributed by atoms with E-state index >= 15 is 0 Å². The third-order valence-corrected chi connectivity index (χ3v) is 4.92. The van der Waals surface area contributed by atoms with Crippen LogP contribution in [-0.2, 0) is 14.4 Å². The first-order chi connectivity index (χ1) is 14.7. The third-order valence-electron chi connectivity index (χ3n) is 4.92. The fourth-order valence-electron chi connectivity index (χ4n) is 3.43. The van der Waals surface area contributed by atoms with Crippen LogP contribution < -0.4 is 22.1 Å². The molecule has 0 radical (unpaired) electrons. The number of aliphatic hydroxyl groups is 1. The fourth-order valence-corrected chi connectivity index (χ4v) is 3.43. The van der Waals surface area contributed by atoms with Gasteiger partial charge < -0.3 is 27.2 Å². The Bertz CT molecular complexity index is 641. The lowest BCUT2D eigenvalue weighted by Gasteiger charge is -2.28. The lowest BCUT2D eigenvalue weighted by atomic mass is 9.84. The lowest BCUT2D eigenvalue weighted by molar-refractivity contribution is -0.130. The summed E-state index contributed by atoms with van der Waals surface area (Å²) in [5.74, 6) is -0.751. The van der Waals surface area contributed by atoms with Gasteiger partial charge in [-0.15, -0.1) is 0 Å². The van der Waals surface area contributed by atoms with Gasteiger partial charge in [0.25, 0.3) is 0 Å². The number of nitrogens with two attached hydrogens (primary N) is 2. The van der Waals surface area contributed by atoms with Gasteiger partial charge in [-0.2, -0.15) is 0 Å². The standard InChI is InChI=1S/C11H22N2O3.C10H14N2O.C2H6/c1-7(2)11(16)9(4-5-12)13-10(15)6-8(3)14;11-10(13)9-6-12-5-7-3-1-2-4-8(7)9;1-2/h7-9,14H,4-6,12H2,1-3H3,(H,13,15);1,3,9,12H,2,4-6H2,(H2,11,13);1-2H3. The highest BCUT2D eigenvalue weighted by molar-refractivity contribution is 5.90. The van der Waals surface area contributed by atoms with Gasteiger partial charge in [-0.25, -0.2) is 0 Å². The summed E-state index contributed by atoms with van der Waals surface area (Å²) in [6.07, 6.45) is 6.05. The summed E-state index contributed by atoms with van der Waals surface area (Å²) < 4.78 is 0. The molecular formula is C23H42N4O4. The summed E-state index contributed by atoms with van der Waals surface area (Å²) in [6, 6.07) is -0.531. The molecule has 2 rings (SSSR count). The first kappa shape index (κ1) is 29.0. The van der Waals surface area contributed by atoms with Gasteiger partial charge in [0.05, 0.1) is 24.5 Å². The molecule has 3 unspecified atom stereocenters. The number of Topliss-reactive ketones (excluding diaryl/α,β-unsaturated/α-hetero) is 1. The van der Waals surface area contributed by atoms with Crippen LogP contribution in [-0.4, -0.2) is 54.5 Å². The van der Waals surface area contributed by atoms with Crippen molar-refractivity contribution in [2.24, 2.45) is 23.3 Å². The molecule has 31 heavy (non-hydrogen) atoms. The monoisotopic (exact) mass is 438 g/mol. The largest absolute Gasteiger partial charge is 0.393 e. The first-order valence-corrected chi connectivity index (χ1v) is 11.3. The number of carbonyl (C=O) groups excluding carboxylic acids is 3. The van der Waals surface area contributed by atoms with Crippen LogP contribution in [0.3, 0.4) is 0 Å². The van der Waals surface area contributed by atoms with Gasteiger partial charge in [0.15, 0.2) is 5.78 Å². The molecule has 178 valence electrons. The minimum Gasteiger partial charge on any atom is -0.393 e. The molecule has 0 aromatic heterocycles. The molecule has 0 saturated heterocycles. The molecule has 1 aliphatic carbocycles. The fraction of sp³-hybridized carbons (Fsp3) is 0.696. The second-order valence-corrected chi connectivity index (χ2v) is 7.89. The average molecular weight is 439 g/mol. The predicted molar refractivity (Wildman–Crippen MR) is 124 cm³/mol. The van der Waals surface area contributed by atoms with Crippen molar-refractivity contribution in [3.05, 3.63) is 23.3 Å². The summed E-state index contributed by atoms with van der Waals surface area (Å²) in [6.45, 7) is 11.0. The number of aliphatic hydroxyl groups excluding tert-OH is 1. The Hall–Kier alpha value is -2.03. The van der Waals surface area contributed by atoms with Crippen molar-refractivity contribution < 1.29 is 19.5 Å². The molecule has 2 amide bonds. The van der Waals surface area contributed by atoms with Crippen molar-refractivity contribution in [3.8, 4) is 0 Å². The summed E-state index contributed by atoms with van der Waals surface area (Å²) in [7, 11) is 0. The number of nitrogens with one attached hydrogen (secondary N) is 2. The Kier molecular flexibility index (Phi) is 14.7. The maximum Gasteiger partial charge on any atom is 0.225 e. The molecule has 0 aromatic rings. The van der Waals surface area contributed by atoms with E-state index in [1.54, 1.807) is 13.8 Å². The van der Waals surface area contributed by atoms with Crippen LogP contribution in [0.15, 0.2) is 23.3 Å². The second kappa shape index (κ2) is 15.7. The number of hydrogen-bond acceptors (Lipinski definition) is 6. The van der Waals surface area contributed by atoms with Gasteiger partial charge in [-0.1, -0.05) is 45.4 Å². The predicted octanol–water partition coefficient (Wildman–Crippen LogP) is 1.18. The van der Waals surface area contributed by atoms with Crippen LogP contribution in [0.1, 0.15) is 60.3 Å². The second-order valence-electron chi connectivity index (χ2n) is 7.89. The van der Waals surface area contributed by atoms with Crippen molar-refractivity contribution in [2.75, 3.05) is 19.6 Å². The highest BCUT2D eigenvalue weighted by Gasteiger charge is 2.26. The molecular weight excluding hydrogens is 396 g/mol. The minimum absolute atomic E-state index is 0.00640. The molecule has 8 heteroatoms. The minimum atomic E-state index is -0.701. The number of ketones is 1. The number of carbonyl (C=O) groups is 3. The third kappa shape index (κ3) is 10.7. The maximum absolute atomic E-state index is 11.7. The highest BCUT2D eigenvalue weighted by atomic mass is 16.3. The number of primary amides is 1. The van der Waals surface area contributed by atoms with E-state index in [1.807, 2.05) is 13.8 Å². The number of rotatable bonds is 8. The van der Waals surface area contributed by atoms with Crippen molar-refractivity contribution in [1.29, 1.82) is 0 Å². The Balaban J connectivity index is 0.000000544. The molecule has 0 bridgehead atoms. The Morgan fingerprint density at radius 2 is 1.90 bits per heavy atom. The van der Waals surface area contributed by atoms with Crippen LogP contribution in [0.25, 0.3) is 0 Å². The summed E-state index contributed by atoms with van der Waals surface area (Å²) >= 11 is 0. The topological polar surface area (TPSA) is 148 Å². The molecule has 7 N–H and O–H groups in total. The number of allylic oxidation sites excluding steroid dienone is 1. The molecule has 0 saturated carbocycles. The zero-order valence-corrected chi connectivity index (χ0v) is 19.7. The van der Waals surface area contributed by atoms with E-state index < -0.39 is 12.1 Å². The van der Waals surface area contributed by atoms with Crippen molar-refractivity contribution in [3.63, 3.8) is 0 Å². The lowest BCUT2D eigenvalue weighted by Crippen LogP contribution is -2.44. The van der Waals surface area contributed by atoms with Gasteiger partial charge in [-0.3, -0.25) is 14.4 Å². The van der Waals surface area contributed by atoms with Crippen molar-refractivity contribution in [2.45, 2.75) is 72.4 Å². The molecule has 8 nitrogen and oxygen atoms in total. The van der Waals surface area contributed by atoms with E-state index in [2.05, 4.69) is 22.8 Å². The van der Waals surface area contributed by atoms with Crippen molar-refractivity contribution in [1.82, 2.24) is 10.6 Å². The van der Waals surface area contributed by atoms with E-state index in [-0.39, 0.29) is 35.9 Å². The smallest absolute Gasteiger partial charge is 0.225 e. The zero-order valence-electron chi connectivity index (χ0n) is 19.7. The quantitative estimate of drug-likeness (QED) is 0.384. The maximum atomic E-state index is 11.7. The summed E-state index contributed by atoms with van der Waals surface area (Å²) in [5.41, 5.74) is 13.3. The van der Waals surface area contributed by atoms with E-state index in [0.717, 1.165) is 19.4 Å². The van der Waals surface area contributed by atoms with Crippen LogP contribution in [0.5, 0.6) is 0 Å². The van der Waals surface area contributed by atoms with Crippen LogP contribution in [0.4, 0.5) is 0 Å². The summed E-state index contributed by atoms with van der Waals surface area (Å²) in [4.78, 5) is 34.3. The molecule has 0 fully saturated rings. The van der Waals surface area contributed by atoms with E-state index in [0.29, 0.717) is 19.5 Å². The normalized spacial score (nSPS) is 19.2. The van der Waals surface area contributed by atoms with Crippen molar-refractivity contribution >= 4 is 17.6 Å².